The minimum absolute atomic E-state index is 0.394. The molecule has 108 valence electrons. The standard InChI is InChI=1S/C17H27BrO/c1-5-8-9-14(6-2)17(18)15-12-13(4)10-11-16(15)19-7-3/h10-12,14,17H,5-9H2,1-4H3. The number of halogens is 1. The highest BCUT2D eigenvalue weighted by molar-refractivity contribution is 9.09. The van der Waals surface area contributed by atoms with E-state index < -0.39 is 0 Å². The Labute approximate surface area is 126 Å². The molecule has 0 N–H and O–H groups in total. The maximum Gasteiger partial charge on any atom is 0.123 e. The molecule has 0 radical (unpaired) electrons. The van der Waals surface area contributed by atoms with Gasteiger partial charge in [-0.2, -0.15) is 0 Å². The summed E-state index contributed by atoms with van der Waals surface area (Å²) in [5, 5.41) is 0. The van der Waals surface area contributed by atoms with Crippen LogP contribution in [-0.2, 0) is 0 Å². The molecule has 19 heavy (non-hydrogen) atoms. The van der Waals surface area contributed by atoms with Crippen molar-refractivity contribution in [2.75, 3.05) is 6.61 Å². The number of ether oxygens (including phenoxy) is 1. The van der Waals surface area contributed by atoms with Crippen molar-refractivity contribution in [2.24, 2.45) is 5.92 Å². The van der Waals surface area contributed by atoms with Gasteiger partial charge in [0.25, 0.3) is 0 Å². The molecule has 0 heterocycles. The number of aryl methyl sites for hydroxylation is 1. The van der Waals surface area contributed by atoms with Crippen LogP contribution in [-0.4, -0.2) is 6.61 Å². The van der Waals surface area contributed by atoms with E-state index in [1.807, 2.05) is 6.92 Å². The molecule has 0 fully saturated rings. The fourth-order valence-electron chi connectivity index (χ4n) is 2.45. The van der Waals surface area contributed by atoms with Crippen molar-refractivity contribution >= 4 is 15.9 Å². The van der Waals surface area contributed by atoms with E-state index in [0.29, 0.717) is 10.7 Å². The summed E-state index contributed by atoms with van der Waals surface area (Å²) < 4.78 is 5.78. The van der Waals surface area contributed by atoms with Gasteiger partial charge in [-0.3, -0.25) is 0 Å². The molecule has 1 nitrogen and oxygen atoms in total. The zero-order valence-electron chi connectivity index (χ0n) is 12.7. The Bertz CT molecular complexity index is 376. The summed E-state index contributed by atoms with van der Waals surface area (Å²) in [6.07, 6.45) is 5.05. The Morgan fingerprint density at radius 3 is 2.53 bits per heavy atom. The first-order valence-corrected chi connectivity index (χ1v) is 8.42. The van der Waals surface area contributed by atoms with Crippen LogP contribution in [0.15, 0.2) is 18.2 Å². The van der Waals surface area contributed by atoms with Crippen LogP contribution in [0.25, 0.3) is 0 Å². The van der Waals surface area contributed by atoms with Gasteiger partial charge in [-0.25, -0.2) is 0 Å². The van der Waals surface area contributed by atoms with Crippen LogP contribution in [0.3, 0.4) is 0 Å². The summed E-state index contributed by atoms with van der Waals surface area (Å²) in [5.74, 6) is 1.71. The van der Waals surface area contributed by atoms with Gasteiger partial charge in [-0.15, -0.1) is 0 Å². The van der Waals surface area contributed by atoms with Crippen LogP contribution in [0.4, 0.5) is 0 Å². The van der Waals surface area contributed by atoms with Crippen LogP contribution in [0.2, 0.25) is 0 Å². The number of rotatable bonds is 8. The summed E-state index contributed by atoms with van der Waals surface area (Å²) in [6, 6.07) is 6.50. The maximum atomic E-state index is 5.78. The average Bonchev–Trinajstić information content (AvgIpc) is 2.41. The predicted molar refractivity (Wildman–Crippen MR) is 87.3 cm³/mol. The monoisotopic (exact) mass is 326 g/mol. The molecule has 2 heteroatoms. The van der Waals surface area contributed by atoms with Gasteiger partial charge < -0.3 is 4.74 Å². The topological polar surface area (TPSA) is 9.23 Å². The lowest BCUT2D eigenvalue weighted by atomic mass is 9.91. The Kier molecular flexibility index (Phi) is 7.52. The zero-order valence-corrected chi connectivity index (χ0v) is 14.3. The van der Waals surface area contributed by atoms with Gasteiger partial charge >= 0.3 is 0 Å². The maximum absolute atomic E-state index is 5.78. The molecule has 1 aromatic carbocycles. The van der Waals surface area contributed by atoms with E-state index in [2.05, 4.69) is 54.9 Å². The molecular weight excluding hydrogens is 300 g/mol. The van der Waals surface area contributed by atoms with Gasteiger partial charge in [0.05, 0.1) is 6.61 Å². The van der Waals surface area contributed by atoms with Crippen molar-refractivity contribution in [2.45, 2.75) is 58.2 Å². The number of benzene rings is 1. The van der Waals surface area contributed by atoms with E-state index in [4.69, 9.17) is 4.74 Å². The molecule has 0 spiro atoms. The summed E-state index contributed by atoms with van der Waals surface area (Å²) in [5.41, 5.74) is 2.61. The highest BCUT2D eigenvalue weighted by Crippen LogP contribution is 2.40. The summed E-state index contributed by atoms with van der Waals surface area (Å²) in [7, 11) is 0. The molecule has 0 aromatic heterocycles. The summed E-state index contributed by atoms with van der Waals surface area (Å²) in [6.45, 7) is 9.45. The number of unbranched alkanes of at least 4 members (excludes halogenated alkanes) is 1. The van der Waals surface area contributed by atoms with Gasteiger partial charge in [0, 0.05) is 10.4 Å². The SMILES string of the molecule is CCCCC(CC)C(Br)c1cc(C)ccc1OCC. The van der Waals surface area contributed by atoms with Crippen molar-refractivity contribution in [1.29, 1.82) is 0 Å². The first-order chi connectivity index (χ1) is 9.13. The van der Waals surface area contributed by atoms with E-state index in [-0.39, 0.29) is 0 Å². The van der Waals surface area contributed by atoms with Crippen molar-refractivity contribution < 1.29 is 4.74 Å². The van der Waals surface area contributed by atoms with Crippen LogP contribution >= 0.6 is 15.9 Å². The van der Waals surface area contributed by atoms with Gasteiger partial charge in [0.1, 0.15) is 5.75 Å². The van der Waals surface area contributed by atoms with Crippen molar-refractivity contribution in [3.63, 3.8) is 0 Å². The predicted octanol–water partition coefficient (Wildman–Crippen LogP) is 6.05. The molecule has 0 saturated carbocycles. The van der Waals surface area contributed by atoms with E-state index in [1.54, 1.807) is 0 Å². The average molecular weight is 327 g/mol. The molecule has 0 aliphatic heterocycles. The van der Waals surface area contributed by atoms with E-state index >= 15 is 0 Å². The first kappa shape index (κ1) is 16.6. The third-order valence-electron chi connectivity index (χ3n) is 3.63. The van der Waals surface area contributed by atoms with Crippen molar-refractivity contribution in [3.8, 4) is 5.75 Å². The summed E-state index contributed by atoms with van der Waals surface area (Å²) >= 11 is 3.92. The molecule has 1 rings (SSSR count). The molecule has 1 aromatic rings. The van der Waals surface area contributed by atoms with Crippen LogP contribution in [0.5, 0.6) is 5.75 Å². The molecule has 2 atom stereocenters. The lowest BCUT2D eigenvalue weighted by Crippen LogP contribution is -2.09. The quantitative estimate of drug-likeness (QED) is 0.528. The Morgan fingerprint density at radius 2 is 1.95 bits per heavy atom. The Morgan fingerprint density at radius 1 is 1.21 bits per heavy atom. The zero-order chi connectivity index (χ0) is 14.3. The van der Waals surface area contributed by atoms with Gasteiger partial charge in [-0.05, 0) is 32.3 Å². The third kappa shape index (κ3) is 4.83. The number of alkyl halides is 1. The highest BCUT2D eigenvalue weighted by atomic mass is 79.9. The molecular formula is C17H27BrO. The Hall–Kier alpha value is -0.500. The second-order valence-electron chi connectivity index (χ2n) is 5.19. The minimum atomic E-state index is 0.394. The summed E-state index contributed by atoms with van der Waals surface area (Å²) in [4.78, 5) is 0.394. The van der Waals surface area contributed by atoms with Gasteiger partial charge in [0.2, 0.25) is 0 Å². The van der Waals surface area contributed by atoms with Crippen LogP contribution in [0.1, 0.15) is 62.4 Å². The molecule has 0 aliphatic carbocycles. The van der Waals surface area contributed by atoms with Gasteiger partial charge in [-0.1, -0.05) is 66.7 Å². The second kappa shape index (κ2) is 8.63. The fraction of sp³-hybridized carbons (Fsp3) is 0.647. The number of hydrogen-bond donors (Lipinski definition) is 0. The van der Waals surface area contributed by atoms with Crippen molar-refractivity contribution in [3.05, 3.63) is 29.3 Å². The van der Waals surface area contributed by atoms with Crippen molar-refractivity contribution in [1.82, 2.24) is 0 Å². The smallest absolute Gasteiger partial charge is 0.123 e. The highest BCUT2D eigenvalue weighted by Gasteiger charge is 2.22. The lowest BCUT2D eigenvalue weighted by Gasteiger charge is -2.24. The molecule has 0 saturated heterocycles. The molecule has 0 bridgehead atoms. The Balaban J connectivity index is 2.94. The first-order valence-electron chi connectivity index (χ1n) is 7.51. The second-order valence-corrected chi connectivity index (χ2v) is 6.17. The molecule has 2 unspecified atom stereocenters. The largest absolute Gasteiger partial charge is 0.494 e. The minimum Gasteiger partial charge on any atom is -0.494 e. The van der Waals surface area contributed by atoms with E-state index in [9.17, 15) is 0 Å². The van der Waals surface area contributed by atoms with E-state index in [1.165, 1.54) is 36.8 Å². The molecule has 0 aliphatic rings. The lowest BCUT2D eigenvalue weighted by molar-refractivity contribution is 0.332. The van der Waals surface area contributed by atoms with Gasteiger partial charge in [0.15, 0.2) is 0 Å². The normalized spacial score (nSPS) is 14.2. The molecule has 0 amide bonds. The third-order valence-corrected chi connectivity index (χ3v) is 4.87. The van der Waals surface area contributed by atoms with Crippen LogP contribution < -0.4 is 4.74 Å². The van der Waals surface area contributed by atoms with E-state index in [0.717, 1.165) is 12.4 Å². The number of hydrogen-bond acceptors (Lipinski definition) is 1. The fourth-order valence-corrected chi connectivity index (χ4v) is 3.44. The van der Waals surface area contributed by atoms with Crippen LogP contribution in [0, 0.1) is 12.8 Å².